The van der Waals surface area contributed by atoms with Crippen molar-refractivity contribution >= 4 is 52.2 Å². The Bertz CT molecular complexity index is 1030. The number of nitrogens with zero attached hydrogens (tertiary/aromatic N) is 2. The van der Waals surface area contributed by atoms with Crippen molar-refractivity contribution in [3.63, 3.8) is 0 Å². The molecule has 1 aliphatic heterocycles. The van der Waals surface area contributed by atoms with Crippen molar-refractivity contribution in [1.82, 2.24) is 4.90 Å². The molecule has 1 heterocycles. The second-order valence-corrected chi connectivity index (χ2v) is 7.19. The first-order valence-electron chi connectivity index (χ1n) is 7.96. The molecular formula is C19H15ClN2O5S. The minimum atomic E-state index is -1.16. The van der Waals surface area contributed by atoms with Crippen molar-refractivity contribution in [2.45, 2.75) is 0 Å². The van der Waals surface area contributed by atoms with Crippen LogP contribution in [0, 0.1) is 0 Å². The van der Waals surface area contributed by atoms with E-state index < -0.39 is 5.97 Å². The molecule has 9 heteroatoms. The van der Waals surface area contributed by atoms with Gasteiger partial charge in [-0.25, -0.2) is 9.79 Å². The number of aromatic carboxylic acids is 1. The van der Waals surface area contributed by atoms with E-state index in [4.69, 9.17) is 16.3 Å². The summed E-state index contributed by atoms with van der Waals surface area (Å²) in [6, 6.07) is 9.13. The van der Waals surface area contributed by atoms with Gasteiger partial charge in [0.2, 0.25) is 0 Å². The zero-order valence-corrected chi connectivity index (χ0v) is 16.4. The fourth-order valence-corrected chi connectivity index (χ4v) is 3.63. The largest absolute Gasteiger partial charge is 0.504 e. The number of aliphatic imine (C=N–C) groups is 1. The van der Waals surface area contributed by atoms with E-state index >= 15 is 0 Å². The highest BCUT2D eigenvalue weighted by Gasteiger charge is 2.30. The number of thioether (sulfide) groups is 1. The molecule has 0 aliphatic carbocycles. The van der Waals surface area contributed by atoms with Gasteiger partial charge in [-0.2, -0.15) is 0 Å². The van der Waals surface area contributed by atoms with Crippen LogP contribution in [0.2, 0.25) is 5.02 Å². The van der Waals surface area contributed by atoms with E-state index in [1.165, 1.54) is 30.2 Å². The molecule has 1 fully saturated rings. The van der Waals surface area contributed by atoms with Crippen LogP contribution < -0.4 is 4.74 Å². The van der Waals surface area contributed by atoms with Gasteiger partial charge >= 0.3 is 5.97 Å². The molecule has 3 rings (SSSR count). The third-order valence-corrected chi connectivity index (χ3v) is 5.30. The number of benzene rings is 2. The van der Waals surface area contributed by atoms with E-state index in [0.29, 0.717) is 27.1 Å². The standard InChI is InChI=1S/C19H15ClN2O5S/c1-22-17(24)16(8-10-3-6-14(23)15(7-10)27-2)28-19(22)21-11-4-5-13(20)12(9-11)18(25)26/h3-9,23H,1-2H3,(H,25,26)/b16-8-,21-19?. The lowest BCUT2D eigenvalue weighted by molar-refractivity contribution is -0.121. The second-order valence-electron chi connectivity index (χ2n) is 5.77. The predicted octanol–water partition coefficient (Wildman–Crippen LogP) is 3.99. The Hall–Kier alpha value is -2.97. The molecule has 0 saturated carbocycles. The van der Waals surface area contributed by atoms with E-state index in [1.807, 2.05) is 0 Å². The number of ether oxygens (including phenoxy) is 1. The Morgan fingerprint density at radius 3 is 2.71 bits per heavy atom. The fourth-order valence-electron chi connectivity index (χ4n) is 2.44. The molecule has 2 aromatic rings. The van der Waals surface area contributed by atoms with Crippen LogP contribution in [-0.4, -0.2) is 46.3 Å². The van der Waals surface area contributed by atoms with Crippen molar-refractivity contribution in [1.29, 1.82) is 0 Å². The summed E-state index contributed by atoms with van der Waals surface area (Å²) in [7, 11) is 3.03. The lowest BCUT2D eigenvalue weighted by Gasteiger charge is -2.07. The van der Waals surface area contributed by atoms with Crippen LogP contribution >= 0.6 is 23.4 Å². The molecule has 0 unspecified atom stereocenters. The molecule has 144 valence electrons. The van der Waals surface area contributed by atoms with E-state index in [-0.39, 0.29) is 22.2 Å². The van der Waals surface area contributed by atoms with Crippen molar-refractivity contribution in [3.05, 3.63) is 57.5 Å². The van der Waals surface area contributed by atoms with Crippen LogP contribution in [0.4, 0.5) is 5.69 Å². The predicted molar refractivity (Wildman–Crippen MR) is 109 cm³/mol. The number of hydrogen-bond acceptors (Lipinski definition) is 6. The third-order valence-electron chi connectivity index (χ3n) is 3.91. The topological polar surface area (TPSA) is 99.4 Å². The average molecular weight is 419 g/mol. The van der Waals surface area contributed by atoms with Gasteiger partial charge in [0.25, 0.3) is 5.91 Å². The molecule has 2 N–H and O–H groups in total. The average Bonchev–Trinajstić information content (AvgIpc) is 2.92. The molecule has 1 aliphatic rings. The maximum atomic E-state index is 12.5. The number of halogens is 1. The van der Waals surface area contributed by atoms with Crippen molar-refractivity contribution in [2.75, 3.05) is 14.2 Å². The molecule has 2 aromatic carbocycles. The minimum Gasteiger partial charge on any atom is -0.504 e. The Balaban J connectivity index is 1.92. The van der Waals surface area contributed by atoms with Gasteiger partial charge in [0.05, 0.1) is 28.3 Å². The summed E-state index contributed by atoms with van der Waals surface area (Å²) in [5, 5.41) is 19.4. The first-order valence-corrected chi connectivity index (χ1v) is 9.15. The molecule has 0 spiro atoms. The van der Waals surface area contributed by atoms with Crippen LogP contribution in [0.3, 0.4) is 0 Å². The Morgan fingerprint density at radius 2 is 2.04 bits per heavy atom. The number of methoxy groups -OCH3 is 1. The SMILES string of the molecule is COc1cc(/C=C2\SC(=Nc3ccc(Cl)c(C(=O)O)c3)N(C)C2=O)ccc1O. The number of carboxylic acid groups (broad SMARTS) is 1. The number of carbonyl (C=O) groups is 2. The van der Waals surface area contributed by atoms with Gasteiger partial charge in [0.1, 0.15) is 0 Å². The number of carbonyl (C=O) groups excluding carboxylic acids is 1. The van der Waals surface area contributed by atoms with E-state index in [9.17, 15) is 19.8 Å². The maximum absolute atomic E-state index is 12.5. The Kier molecular flexibility index (Phi) is 5.62. The number of phenols is 1. The smallest absolute Gasteiger partial charge is 0.337 e. The van der Waals surface area contributed by atoms with Crippen LogP contribution in [0.25, 0.3) is 6.08 Å². The van der Waals surface area contributed by atoms with Crippen molar-refractivity contribution in [3.8, 4) is 11.5 Å². The van der Waals surface area contributed by atoms with Gasteiger partial charge in [-0.3, -0.25) is 9.69 Å². The number of amides is 1. The number of aromatic hydroxyl groups is 1. The zero-order valence-electron chi connectivity index (χ0n) is 14.8. The van der Waals surface area contributed by atoms with Gasteiger partial charge in [0.15, 0.2) is 16.7 Å². The van der Waals surface area contributed by atoms with Crippen LogP contribution in [-0.2, 0) is 4.79 Å². The minimum absolute atomic E-state index is 0.00592. The normalized spacial score (nSPS) is 16.8. The lowest BCUT2D eigenvalue weighted by atomic mass is 10.2. The number of likely N-dealkylation sites (N-methyl/N-ethyl adjacent to an activating group) is 1. The summed E-state index contributed by atoms with van der Waals surface area (Å²) >= 11 is 7.03. The highest BCUT2D eigenvalue weighted by Crippen LogP contribution is 2.35. The monoisotopic (exact) mass is 418 g/mol. The highest BCUT2D eigenvalue weighted by molar-refractivity contribution is 8.18. The van der Waals surface area contributed by atoms with Gasteiger partial charge in [0, 0.05) is 7.05 Å². The molecule has 0 bridgehead atoms. The molecule has 0 aromatic heterocycles. The summed E-state index contributed by atoms with van der Waals surface area (Å²) in [4.78, 5) is 29.9. The van der Waals surface area contributed by atoms with Crippen molar-refractivity contribution in [2.24, 2.45) is 4.99 Å². The summed E-state index contributed by atoms with van der Waals surface area (Å²) < 4.78 is 5.07. The highest BCUT2D eigenvalue weighted by atomic mass is 35.5. The zero-order chi connectivity index (χ0) is 20.4. The number of phenolic OH excluding ortho intramolecular Hbond substituents is 1. The van der Waals surface area contributed by atoms with Crippen LogP contribution in [0.5, 0.6) is 11.5 Å². The second kappa shape index (κ2) is 7.95. The number of hydrogen-bond donors (Lipinski definition) is 2. The Labute approximate surface area is 169 Å². The Morgan fingerprint density at radius 1 is 1.29 bits per heavy atom. The lowest BCUT2D eigenvalue weighted by Crippen LogP contribution is -2.23. The first kappa shape index (κ1) is 19.8. The summed E-state index contributed by atoms with van der Waals surface area (Å²) in [6.45, 7) is 0. The molecular weight excluding hydrogens is 404 g/mol. The van der Waals surface area contributed by atoms with Gasteiger partial charge in [-0.15, -0.1) is 0 Å². The summed E-state index contributed by atoms with van der Waals surface area (Å²) in [5.74, 6) is -1.10. The maximum Gasteiger partial charge on any atom is 0.337 e. The first-order chi connectivity index (χ1) is 13.3. The van der Waals surface area contributed by atoms with Crippen molar-refractivity contribution < 1.29 is 24.5 Å². The van der Waals surface area contributed by atoms with Crippen LogP contribution in [0.1, 0.15) is 15.9 Å². The molecule has 7 nitrogen and oxygen atoms in total. The third kappa shape index (κ3) is 3.97. The molecule has 0 radical (unpaired) electrons. The number of carboxylic acids is 1. The molecule has 0 atom stereocenters. The number of rotatable bonds is 4. The molecule has 1 amide bonds. The fraction of sp³-hybridized carbons (Fsp3) is 0.105. The van der Waals surface area contributed by atoms with E-state index in [1.54, 1.807) is 31.3 Å². The van der Waals surface area contributed by atoms with Crippen LogP contribution in [0.15, 0.2) is 46.3 Å². The molecule has 28 heavy (non-hydrogen) atoms. The molecule has 1 saturated heterocycles. The van der Waals surface area contributed by atoms with Gasteiger partial charge in [-0.05, 0) is 53.7 Å². The quantitative estimate of drug-likeness (QED) is 0.728. The van der Waals surface area contributed by atoms with Gasteiger partial charge < -0.3 is 14.9 Å². The number of amidine groups is 1. The summed E-state index contributed by atoms with van der Waals surface area (Å²) in [5.41, 5.74) is 0.990. The van der Waals surface area contributed by atoms with E-state index in [2.05, 4.69) is 4.99 Å². The van der Waals surface area contributed by atoms with E-state index in [0.717, 1.165) is 11.8 Å². The van der Waals surface area contributed by atoms with Gasteiger partial charge in [-0.1, -0.05) is 17.7 Å². The summed E-state index contributed by atoms with van der Waals surface area (Å²) in [6.07, 6.45) is 1.67.